The van der Waals surface area contributed by atoms with Gasteiger partial charge in [-0.15, -0.1) is 0 Å². The first-order valence-corrected chi connectivity index (χ1v) is 19.0. The Balaban J connectivity index is 1.09. The van der Waals surface area contributed by atoms with Gasteiger partial charge in [0.05, 0.1) is 11.4 Å². The second-order valence-electron chi connectivity index (χ2n) is 14.9. The highest BCUT2D eigenvalue weighted by Crippen LogP contribution is 2.52. The van der Waals surface area contributed by atoms with Crippen LogP contribution in [0.4, 0.5) is 0 Å². The summed E-state index contributed by atoms with van der Waals surface area (Å²) in [6, 6.07) is 69.5. The lowest BCUT2D eigenvalue weighted by Crippen LogP contribution is -2.14. The van der Waals surface area contributed by atoms with Crippen LogP contribution >= 0.6 is 0 Å². The molecule has 8 aromatic carbocycles. The van der Waals surface area contributed by atoms with Gasteiger partial charge in [0.2, 0.25) is 0 Å². The Bertz CT molecular complexity index is 2870. The summed E-state index contributed by atoms with van der Waals surface area (Å²) in [7, 11) is 0. The van der Waals surface area contributed by atoms with Crippen LogP contribution in [0.1, 0.15) is 25.0 Å². The van der Waals surface area contributed by atoms with E-state index in [9.17, 15) is 0 Å². The van der Waals surface area contributed by atoms with Crippen LogP contribution in [0.5, 0.6) is 0 Å². The zero-order valence-corrected chi connectivity index (χ0v) is 30.9. The Hall–Kier alpha value is -6.90. The van der Waals surface area contributed by atoms with Crippen LogP contribution in [0.3, 0.4) is 0 Å². The van der Waals surface area contributed by atoms with Gasteiger partial charge in [0.15, 0.2) is 5.82 Å². The van der Waals surface area contributed by atoms with Gasteiger partial charge in [-0.05, 0) is 72.5 Å². The van der Waals surface area contributed by atoms with Crippen molar-refractivity contribution in [2.45, 2.75) is 19.3 Å². The molecule has 55 heavy (non-hydrogen) atoms. The number of aromatic nitrogens is 2. The fourth-order valence-electron chi connectivity index (χ4n) is 8.61. The normalized spacial score (nSPS) is 12.7. The average molecular weight is 703 g/mol. The topological polar surface area (TPSA) is 25.8 Å². The predicted octanol–water partition coefficient (Wildman–Crippen LogP) is 13.9. The molecule has 1 heterocycles. The third-order valence-electron chi connectivity index (χ3n) is 11.4. The molecule has 1 aromatic heterocycles. The summed E-state index contributed by atoms with van der Waals surface area (Å²) in [5.74, 6) is 0.707. The van der Waals surface area contributed by atoms with Crippen molar-refractivity contribution in [3.8, 4) is 78.4 Å². The molecular weight excluding hydrogens is 665 g/mol. The third-order valence-corrected chi connectivity index (χ3v) is 11.4. The smallest absolute Gasteiger partial charge is 0.160 e. The number of hydrogen-bond acceptors (Lipinski definition) is 2. The SMILES string of the molecule is CC1(C)c2ccccc2-c2c(-c3ccc(-c4ccc(-c5cc(-c6ccccc6-c6ccccc6)nc(-c6ccccc6)n5)c5ccccc45)cc3)cccc21. The van der Waals surface area contributed by atoms with Gasteiger partial charge in [-0.25, -0.2) is 9.97 Å². The number of rotatable bonds is 6. The molecule has 2 heteroatoms. The lowest BCUT2D eigenvalue weighted by molar-refractivity contribution is 0.660. The molecule has 1 aliphatic rings. The first kappa shape index (κ1) is 32.7. The van der Waals surface area contributed by atoms with Crippen molar-refractivity contribution in [3.05, 3.63) is 205 Å². The molecule has 1 aliphatic carbocycles. The highest BCUT2D eigenvalue weighted by Gasteiger charge is 2.36. The van der Waals surface area contributed by atoms with Crippen LogP contribution in [0, 0.1) is 0 Å². The fourth-order valence-corrected chi connectivity index (χ4v) is 8.61. The zero-order valence-electron chi connectivity index (χ0n) is 30.9. The van der Waals surface area contributed by atoms with Gasteiger partial charge in [-0.3, -0.25) is 0 Å². The van der Waals surface area contributed by atoms with Crippen molar-refractivity contribution in [3.63, 3.8) is 0 Å². The Kier molecular flexibility index (Phi) is 7.85. The van der Waals surface area contributed by atoms with Crippen LogP contribution in [-0.2, 0) is 5.41 Å². The van der Waals surface area contributed by atoms with E-state index in [1.54, 1.807) is 0 Å². The Labute approximate surface area is 322 Å². The Morgan fingerprint density at radius 1 is 0.327 bits per heavy atom. The quantitative estimate of drug-likeness (QED) is 0.172. The molecule has 2 nitrogen and oxygen atoms in total. The molecule has 9 aromatic rings. The average Bonchev–Trinajstić information content (AvgIpc) is 3.50. The van der Waals surface area contributed by atoms with Crippen LogP contribution in [0.15, 0.2) is 194 Å². The molecule has 0 saturated carbocycles. The second kappa shape index (κ2) is 13.2. The molecule has 0 radical (unpaired) electrons. The van der Waals surface area contributed by atoms with E-state index in [0.717, 1.165) is 44.6 Å². The molecule has 0 amide bonds. The van der Waals surface area contributed by atoms with Crippen LogP contribution < -0.4 is 0 Å². The molecule has 0 spiro atoms. The van der Waals surface area contributed by atoms with Gasteiger partial charge >= 0.3 is 0 Å². The summed E-state index contributed by atoms with van der Waals surface area (Å²) in [4.78, 5) is 10.4. The maximum atomic E-state index is 5.24. The van der Waals surface area contributed by atoms with Gasteiger partial charge in [0.25, 0.3) is 0 Å². The fraction of sp³-hybridized carbons (Fsp3) is 0.0566. The van der Waals surface area contributed by atoms with Crippen molar-refractivity contribution >= 4 is 10.8 Å². The van der Waals surface area contributed by atoms with E-state index in [2.05, 4.69) is 190 Å². The molecule has 0 atom stereocenters. The lowest BCUT2D eigenvalue weighted by Gasteiger charge is -2.21. The molecule has 0 aliphatic heterocycles. The van der Waals surface area contributed by atoms with Gasteiger partial charge in [-0.2, -0.15) is 0 Å². The molecule has 10 rings (SSSR count). The number of fused-ring (bicyclic) bond motifs is 4. The van der Waals surface area contributed by atoms with Crippen molar-refractivity contribution in [1.29, 1.82) is 0 Å². The number of nitrogens with zero attached hydrogens (tertiary/aromatic N) is 2. The van der Waals surface area contributed by atoms with Crippen molar-refractivity contribution in [1.82, 2.24) is 9.97 Å². The summed E-state index contributed by atoms with van der Waals surface area (Å²) in [6.07, 6.45) is 0. The van der Waals surface area contributed by atoms with Gasteiger partial charge < -0.3 is 0 Å². The largest absolute Gasteiger partial charge is 0.228 e. The third kappa shape index (κ3) is 5.57. The summed E-state index contributed by atoms with van der Waals surface area (Å²) >= 11 is 0. The van der Waals surface area contributed by atoms with Crippen molar-refractivity contribution in [2.24, 2.45) is 0 Å². The van der Waals surface area contributed by atoms with Gasteiger partial charge in [0, 0.05) is 22.1 Å². The van der Waals surface area contributed by atoms with E-state index in [4.69, 9.17) is 9.97 Å². The number of benzene rings is 8. The molecule has 0 saturated heterocycles. The van der Waals surface area contributed by atoms with E-state index in [0.29, 0.717) is 5.82 Å². The van der Waals surface area contributed by atoms with Crippen molar-refractivity contribution < 1.29 is 0 Å². The maximum absolute atomic E-state index is 5.24. The Morgan fingerprint density at radius 2 is 0.800 bits per heavy atom. The minimum atomic E-state index is -0.0277. The predicted molar refractivity (Wildman–Crippen MR) is 230 cm³/mol. The van der Waals surface area contributed by atoms with Crippen LogP contribution in [-0.4, -0.2) is 9.97 Å². The van der Waals surface area contributed by atoms with Crippen molar-refractivity contribution in [2.75, 3.05) is 0 Å². The van der Waals surface area contributed by atoms with E-state index in [1.807, 2.05) is 18.2 Å². The highest BCUT2D eigenvalue weighted by molar-refractivity contribution is 6.05. The summed E-state index contributed by atoms with van der Waals surface area (Å²) in [5, 5.41) is 2.35. The first-order chi connectivity index (χ1) is 27.0. The summed E-state index contributed by atoms with van der Waals surface area (Å²) in [6.45, 7) is 4.68. The minimum Gasteiger partial charge on any atom is -0.228 e. The first-order valence-electron chi connectivity index (χ1n) is 19.0. The monoisotopic (exact) mass is 702 g/mol. The highest BCUT2D eigenvalue weighted by atomic mass is 14.9. The molecule has 0 bridgehead atoms. The molecular formula is C53H38N2. The van der Waals surface area contributed by atoms with Gasteiger partial charge in [-0.1, -0.05) is 202 Å². The summed E-state index contributed by atoms with van der Waals surface area (Å²) in [5.41, 5.74) is 17.6. The van der Waals surface area contributed by atoms with E-state index in [1.165, 1.54) is 49.9 Å². The molecule has 0 unspecified atom stereocenters. The van der Waals surface area contributed by atoms with E-state index >= 15 is 0 Å². The lowest BCUT2D eigenvalue weighted by atomic mass is 9.82. The molecule has 0 N–H and O–H groups in total. The zero-order chi connectivity index (χ0) is 36.9. The minimum absolute atomic E-state index is 0.0277. The Morgan fingerprint density at radius 3 is 1.51 bits per heavy atom. The van der Waals surface area contributed by atoms with E-state index in [-0.39, 0.29) is 5.41 Å². The van der Waals surface area contributed by atoms with Gasteiger partial charge in [0.1, 0.15) is 0 Å². The molecule has 260 valence electrons. The van der Waals surface area contributed by atoms with E-state index < -0.39 is 0 Å². The molecule has 0 fully saturated rings. The standard InChI is InChI=1S/C53H38N2/c1-53(2)47-26-14-13-24-46(47)51-41(25-15-27-48(51)53)37-30-28-36(29-31-37)40-32-33-45(43-22-11-10-21-42(40)43)50-34-49(54-52(55-50)38-18-7-4-8-19-38)44-23-12-9-20-39(44)35-16-5-3-6-17-35/h3-34H,1-2H3. The second-order valence-corrected chi connectivity index (χ2v) is 14.9. The maximum Gasteiger partial charge on any atom is 0.160 e. The number of hydrogen-bond donors (Lipinski definition) is 0. The summed E-state index contributed by atoms with van der Waals surface area (Å²) < 4.78 is 0. The van der Waals surface area contributed by atoms with Crippen LogP contribution in [0.2, 0.25) is 0 Å². The van der Waals surface area contributed by atoms with Crippen LogP contribution in [0.25, 0.3) is 89.2 Å².